The molecule has 0 radical (unpaired) electrons. The summed E-state index contributed by atoms with van der Waals surface area (Å²) in [5.74, 6) is 0.511. The monoisotopic (exact) mass is 259 g/mol. The zero-order chi connectivity index (χ0) is 12.1. The van der Waals surface area contributed by atoms with Crippen molar-refractivity contribution in [1.29, 1.82) is 0 Å². The molecule has 0 aliphatic carbocycles. The van der Waals surface area contributed by atoms with Crippen LogP contribution in [0.15, 0.2) is 18.2 Å². The second kappa shape index (κ2) is 6.48. The van der Waals surface area contributed by atoms with E-state index in [-0.39, 0.29) is 0 Å². The fraction of sp³-hybridized carbons (Fsp3) is 0.538. The van der Waals surface area contributed by atoms with Crippen molar-refractivity contribution in [2.24, 2.45) is 5.92 Å². The van der Waals surface area contributed by atoms with Crippen LogP contribution in [0.25, 0.3) is 0 Å². The molecule has 90 valence electrons. The first kappa shape index (κ1) is 13.8. The Bertz CT molecular complexity index is 318. The van der Waals surface area contributed by atoms with Crippen LogP contribution < -0.4 is 5.32 Å². The van der Waals surface area contributed by atoms with E-state index >= 15 is 0 Å². The van der Waals surface area contributed by atoms with E-state index in [1.54, 1.807) is 0 Å². The fourth-order valence-corrected chi connectivity index (χ4v) is 2.30. The van der Waals surface area contributed by atoms with Gasteiger partial charge < -0.3 is 5.32 Å². The zero-order valence-electron chi connectivity index (χ0n) is 10.1. The molecule has 3 heteroatoms. The molecule has 0 fully saturated rings. The van der Waals surface area contributed by atoms with Gasteiger partial charge in [0.1, 0.15) is 0 Å². The number of hydrogen-bond acceptors (Lipinski definition) is 1. The summed E-state index contributed by atoms with van der Waals surface area (Å²) >= 11 is 12.3. The minimum atomic E-state index is 0.470. The van der Waals surface area contributed by atoms with Crippen LogP contribution in [0.4, 0.5) is 0 Å². The second-order valence-electron chi connectivity index (χ2n) is 4.23. The Morgan fingerprint density at radius 3 is 2.25 bits per heavy atom. The standard InChI is InChI=1S/C13H19Cl2N/c1-4-16-10(3)9(2)8-11-12(14)6-5-7-13(11)15/h5-7,9-10,16H,4,8H2,1-3H3. The lowest BCUT2D eigenvalue weighted by molar-refractivity contribution is 0.406. The van der Waals surface area contributed by atoms with Crippen molar-refractivity contribution in [3.63, 3.8) is 0 Å². The van der Waals surface area contributed by atoms with E-state index in [0.717, 1.165) is 28.6 Å². The van der Waals surface area contributed by atoms with Gasteiger partial charge in [-0.1, -0.05) is 43.1 Å². The quantitative estimate of drug-likeness (QED) is 0.837. The predicted octanol–water partition coefficient (Wildman–Crippen LogP) is 4.17. The molecule has 2 atom stereocenters. The number of hydrogen-bond donors (Lipinski definition) is 1. The molecule has 1 N–H and O–H groups in total. The maximum atomic E-state index is 6.15. The molecular formula is C13H19Cl2N. The van der Waals surface area contributed by atoms with Gasteiger partial charge in [0.15, 0.2) is 0 Å². The number of halogens is 2. The Kier molecular flexibility index (Phi) is 5.60. The summed E-state index contributed by atoms with van der Waals surface area (Å²) < 4.78 is 0. The maximum Gasteiger partial charge on any atom is 0.0452 e. The minimum Gasteiger partial charge on any atom is -0.314 e. The van der Waals surface area contributed by atoms with Gasteiger partial charge in [0.2, 0.25) is 0 Å². The van der Waals surface area contributed by atoms with E-state index < -0.39 is 0 Å². The van der Waals surface area contributed by atoms with Gasteiger partial charge in [-0.25, -0.2) is 0 Å². The molecule has 0 saturated heterocycles. The van der Waals surface area contributed by atoms with Crippen LogP contribution >= 0.6 is 23.2 Å². The van der Waals surface area contributed by atoms with Gasteiger partial charge >= 0.3 is 0 Å². The lowest BCUT2D eigenvalue weighted by Gasteiger charge is -2.21. The molecule has 0 aromatic heterocycles. The molecule has 0 heterocycles. The first-order chi connectivity index (χ1) is 7.56. The van der Waals surface area contributed by atoms with Gasteiger partial charge in [-0.3, -0.25) is 0 Å². The average Bonchev–Trinajstić information content (AvgIpc) is 2.23. The van der Waals surface area contributed by atoms with Crippen LogP contribution in [-0.4, -0.2) is 12.6 Å². The molecule has 1 aromatic rings. The fourth-order valence-electron chi connectivity index (χ4n) is 1.75. The van der Waals surface area contributed by atoms with E-state index in [2.05, 4.69) is 26.1 Å². The SMILES string of the molecule is CCNC(C)C(C)Cc1c(Cl)cccc1Cl. The lowest BCUT2D eigenvalue weighted by Crippen LogP contribution is -2.32. The van der Waals surface area contributed by atoms with Crippen LogP contribution in [0.2, 0.25) is 10.0 Å². The number of nitrogens with one attached hydrogen (secondary N) is 1. The van der Waals surface area contributed by atoms with Gasteiger partial charge in [-0.2, -0.15) is 0 Å². The van der Waals surface area contributed by atoms with Gasteiger partial charge in [0, 0.05) is 16.1 Å². The van der Waals surface area contributed by atoms with Crippen LogP contribution in [-0.2, 0) is 6.42 Å². The predicted molar refractivity (Wildman–Crippen MR) is 72.5 cm³/mol. The topological polar surface area (TPSA) is 12.0 Å². The highest BCUT2D eigenvalue weighted by molar-refractivity contribution is 6.35. The van der Waals surface area contributed by atoms with E-state index in [0.29, 0.717) is 12.0 Å². The molecule has 0 saturated carbocycles. The summed E-state index contributed by atoms with van der Waals surface area (Å²) in [4.78, 5) is 0. The Balaban J connectivity index is 2.72. The summed E-state index contributed by atoms with van der Waals surface area (Å²) in [6.07, 6.45) is 0.909. The van der Waals surface area contributed by atoms with Gasteiger partial charge in [0.05, 0.1) is 0 Å². The van der Waals surface area contributed by atoms with Crippen LogP contribution in [0.1, 0.15) is 26.3 Å². The third-order valence-electron chi connectivity index (χ3n) is 2.97. The molecule has 1 nitrogen and oxygen atoms in total. The molecule has 0 amide bonds. The number of rotatable bonds is 5. The van der Waals surface area contributed by atoms with Crippen molar-refractivity contribution in [2.75, 3.05) is 6.54 Å². The van der Waals surface area contributed by atoms with Crippen molar-refractivity contribution in [1.82, 2.24) is 5.32 Å². The highest BCUT2D eigenvalue weighted by atomic mass is 35.5. The molecule has 1 rings (SSSR count). The van der Waals surface area contributed by atoms with E-state index in [1.165, 1.54) is 0 Å². The highest BCUT2D eigenvalue weighted by Gasteiger charge is 2.15. The van der Waals surface area contributed by atoms with E-state index in [1.807, 2.05) is 18.2 Å². The number of benzene rings is 1. The largest absolute Gasteiger partial charge is 0.314 e. The summed E-state index contributed by atoms with van der Waals surface area (Å²) in [6.45, 7) is 7.51. The first-order valence-electron chi connectivity index (χ1n) is 5.72. The van der Waals surface area contributed by atoms with Crippen molar-refractivity contribution < 1.29 is 0 Å². The van der Waals surface area contributed by atoms with Crippen LogP contribution in [0.3, 0.4) is 0 Å². The smallest absolute Gasteiger partial charge is 0.0452 e. The van der Waals surface area contributed by atoms with Crippen molar-refractivity contribution in [3.05, 3.63) is 33.8 Å². The Hall–Kier alpha value is -0.240. The van der Waals surface area contributed by atoms with E-state index in [4.69, 9.17) is 23.2 Å². The molecular weight excluding hydrogens is 241 g/mol. The van der Waals surface area contributed by atoms with Crippen molar-refractivity contribution in [3.8, 4) is 0 Å². The maximum absolute atomic E-state index is 6.15. The van der Waals surface area contributed by atoms with Crippen molar-refractivity contribution >= 4 is 23.2 Å². The summed E-state index contributed by atoms with van der Waals surface area (Å²) in [5.41, 5.74) is 1.06. The zero-order valence-corrected chi connectivity index (χ0v) is 11.6. The molecule has 0 spiro atoms. The third kappa shape index (κ3) is 3.65. The summed E-state index contributed by atoms with van der Waals surface area (Å²) in [6, 6.07) is 6.14. The highest BCUT2D eigenvalue weighted by Crippen LogP contribution is 2.27. The minimum absolute atomic E-state index is 0.470. The Morgan fingerprint density at radius 1 is 1.19 bits per heavy atom. The Morgan fingerprint density at radius 2 is 1.75 bits per heavy atom. The summed E-state index contributed by atoms with van der Waals surface area (Å²) in [7, 11) is 0. The molecule has 1 aromatic carbocycles. The molecule has 16 heavy (non-hydrogen) atoms. The molecule has 2 unspecified atom stereocenters. The normalized spacial score (nSPS) is 14.8. The molecule has 0 aliphatic rings. The lowest BCUT2D eigenvalue weighted by atomic mass is 9.95. The second-order valence-corrected chi connectivity index (χ2v) is 5.04. The molecule has 0 bridgehead atoms. The van der Waals surface area contributed by atoms with Crippen LogP contribution in [0.5, 0.6) is 0 Å². The van der Waals surface area contributed by atoms with Gasteiger partial charge in [-0.05, 0) is 43.5 Å². The Labute approximate surface area is 108 Å². The average molecular weight is 260 g/mol. The first-order valence-corrected chi connectivity index (χ1v) is 6.48. The van der Waals surface area contributed by atoms with Gasteiger partial charge in [0.25, 0.3) is 0 Å². The van der Waals surface area contributed by atoms with Gasteiger partial charge in [-0.15, -0.1) is 0 Å². The molecule has 0 aliphatic heterocycles. The van der Waals surface area contributed by atoms with Crippen molar-refractivity contribution in [2.45, 2.75) is 33.2 Å². The summed E-state index contributed by atoms with van der Waals surface area (Å²) in [5, 5.41) is 4.95. The van der Waals surface area contributed by atoms with E-state index in [9.17, 15) is 0 Å². The van der Waals surface area contributed by atoms with Crippen LogP contribution in [0, 0.1) is 5.92 Å². The third-order valence-corrected chi connectivity index (χ3v) is 3.68.